The van der Waals surface area contributed by atoms with E-state index in [2.05, 4.69) is 107 Å². The van der Waals surface area contributed by atoms with E-state index in [4.69, 9.17) is 9.16 Å². The summed E-state index contributed by atoms with van der Waals surface area (Å²) in [7, 11) is -2.12. The SMILES string of the molecule is CC(C)c1c2c(c3c([n+]1[O-])CC(C)(C)C[C@@H]3O[Si-](C)(C)C(C)(C)C)C1(CCCC1)O[C@@H]2c1ccc(C(C)(C)C)cc1. The minimum Gasteiger partial charge on any atom is -0.618 e. The van der Waals surface area contributed by atoms with Crippen LogP contribution in [0.5, 0.6) is 0 Å². The number of nitrogens with zero attached hydrogens (tertiary/aromatic N) is 1. The van der Waals surface area contributed by atoms with Crippen molar-refractivity contribution in [3.63, 3.8) is 0 Å². The van der Waals surface area contributed by atoms with Crippen molar-refractivity contribution in [1.82, 2.24) is 0 Å². The third-order valence-electron chi connectivity index (χ3n) is 10.6. The van der Waals surface area contributed by atoms with Crippen molar-refractivity contribution in [2.45, 2.75) is 155 Å². The first-order chi connectivity index (χ1) is 18.8. The lowest BCUT2D eigenvalue weighted by molar-refractivity contribution is -0.626. The molecular weight excluding hydrogens is 522 g/mol. The Bertz CT molecular complexity index is 1300. The van der Waals surface area contributed by atoms with E-state index in [1.807, 2.05) is 0 Å². The number of aromatic nitrogens is 1. The fourth-order valence-corrected chi connectivity index (χ4v) is 8.68. The van der Waals surface area contributed by atoms with E-state index < -0.39 is 8.32 Å². The Morgan fingerprint density at radius 3 is 2.07 bits per heavy atom. The van der Waals surface area contributed by atoms with Gasteiger partial charge in [-0.05, 0) is 49.5 Å². The zero-order valence-corrected chi connectivity index (χ0v) is 29.0. The molecule has 0 amide bonds. The molecule has 3 aliphatic rings. The Balaban J connectivity index is 1.79. The number of benzene rings is 1. The summed E-state index contributed by atoms with van der Waals surface area (Å²) < 4.78 is 15.9. The maximum absolute atomic E-state index is 14.6. The van der Waals surface area contributed by atoms with Crippen LogP contribution in [-0.2, 0) is 26.6 Å². The Kier molecular flexibility index (Phi) is 7.44. The van der Waals surface area contributed by atoms with E-state index >= 15 is 0 Å². The highest BCUT2D eigenvalue weighted by atomic mass is 28.4. The summed E-state index contributed by atoms with van der Waals surface area (Å²) in [6.07, 6.45) is 5.73. The summed E-state index contributed by atoms with van der Waals surface area (Å²) in [6.45, 7) is 27.4. The predicted molar refractivity (Wildman–Crippen MR) is 171 cm³/mol. The second kappa shape index (κ2) is 9.92. The molecule has 2 atom stereocenters. The van der Waals surface area contributed by atoms with Gasteiger partial charge in [-0.3, -0.25) is 0 Å². The first-order valence-electron chi connectivity index (χ1n) is 16.1. The molecule has 1 aromatic heterocycles. The Morgan fingerprint density at radius 1 is 0.976 bits per heavy atom. The number of fused-ring (bicyclic) bond motifs is 4. The predicted octanol–water partition coefficient (Wildman–Crippen LogP) is 9.67. The molecule has 1 fully saturated rings. The largest absolute Gasteiger partial charge is 0.618 e. The second-order valence-corrected chi connectivity index (χ2v) is 21.7. The third kappa shape index (κ3) is 5.23. The van der Waals surface area contributed by atoms with Crippen molar-refractivity contribution >= 4 is 8.32 Å². The summed E-state index contributed by atoms with van der Waals surface area (Å²) in [5, 5.41) is 14.7. The van der Waals surface area contributed by atoms with Crippen molar-refractivity contribution in [2.24, 2.45) is 5.41 Å². The van der Waals surface area contributed by atoms with Crippen LogP contribution >= 0.6 is 0 Å². The fraction of sp³-hybridized carbons (Fsp3) is 0.694. The van der Waals surface area contributed by atoms with Crippen LogP contribution in [0.25, 0.3) is 0 Å². The molecule has 227 valence electrons. The van der Waals surface area contributed by atoms with Gasteiger partial charge in [-0.2, -0.15) is 4.73 Å². The molecule has 0 radical (unpaired) electrons. The molecule has 1 aliphatic heterocycles. The van der Waals surface area contributed by atoms with Gasteiger partial charge in [-0.25, -0.2) is 0 Å². The monoisotopic (exact) mass is 577 g/mol. The van der Waals surface area contributed by atoms with Gasteiger partial charge in [-0.1, -0.05) is 106 Å². The molecule has 2 aromatic rings. The van der Waals surface area contributed by atoms with Crippen LogP contribution in [0.3, 0.4) is 0 Å². The lowest BCUT2D eigenvalue weighted by Crippen LogP contribution is -2.49. The molecule has 2 aliphatic carbocycles. The Morgan fingerprint density at radius 2 is 1.56 bits per heavy atom. The van der Waals surface area contributed by atoms with Crippen LogP contribution < -0.4 is 4.73 Å². The smallest absolute Gasteiger partial charge is 0.202 e. The maximum Gasteiger partial charge on any atom is 0.202 e. The fourth-order valence-electron chi connectivity index (χ4n) is 7.41. The van der Waals surface area contributed by atoms with E-state index in [0.717, 1.165) is 61.0 Å². The van der Waals surface area contributed by atoms with Gasteiger partial charge in [0.2, 0.25) is 5.69 Å². The van der Waals surface area contributed by atoms with Crippen molar-refractivity contribution in [3.05, 3.63) is 68.7 Å². The highest BCUT2D eigenvalue weighted by Gasteiger charge is 2.55. The van der Waals surface area contributed by atoms with Gasteiger partial charge in [0.1, 0.15) is 6.10 Å². The zero-order valence-electron chi connectivity index (χ0n) is 28.0. The van der Waals surface area contributed by atoms with Gasteiger partial charge in [0.25, 0.3) is 0 Å². The molecule has 0 bridgehead atoms. The molecule has 1 saturated carbocycles. The molecular formula is C36H55NO3Si-. The number of pyridine rings is 1. The van der Waals surface area contributed by atoms with Gasteiger partial charge in [-0.15, -0.1) is 18.1 Å². The van der Waals surface area contributed by atoms with Crippen LogP contribution in [0, 0.1) is 10.6 Å². The van der Waals surface area contributed by atoms with Crippen molar-refractivity contribution < 1.29 is 13.9 Å². The average Bonchev–Trinajstić information content (AvgIpc) is 3.42. The highest BCUT2D eigenvalue weighted by Crippen LogP contribution is 2.60. The molecule has 5 heteroatoms. The topological polar surface area (TPSA) is 45.4 Å². The lowest BCUT2D eigenvalue weighted by Gasteiger charge is -2.53. The zero-order chi connectivity index (χ0) is 30.3. The van der Waals surface area contributed by atoms with Gasteiger partial charge in [0, 0.05) is 24.0 Å². The lowest BCUT2D eigenvalue weighted by atomic mass is 9.70. The van der Waals surface area contributed by atoms with Crippen molar-refractivity contribution in [1.29, 1.82) is 0 Å². The van der Waals surface area contributed by atoms with E-state index in [-0.39, 0.29) is 39.6 Å². The Hall–Kier alpha value is -1.69. The Labute approximate surface area is 251 Å². The minimum absolute atomic E-state index is 0.0147. The van der Waals surface area contributed by atoms with E-state index in [1.54, 1.807) is 0 Å². The van der Waals surface area contributed by atoms with Gasteiger partial charge < -0.3 is 14.4 Å². The van der Waals surface area contributed by atoms with E-state index in [9.17, 15) is 5.21 Å². The maximum atomic E-state index is 14.6. The minimum atomic E-state index is -2.12. The molecule has 1 aromatic carbocycles. The molecule has 41 heavy (non-hydrogen) atoms. The van der Waals surface area contributed by atoms with Gasteiger partial charge in [0.05, 0.1) is 16.7 Å². The van der Waals surface area contributed by atoms with E-state index in [1.165, 1.54) is 21.4 Å². The summed E-state index contributed by atoms with van der Waals surface area (Å²) in [6, 6.07) is 8.99. The number of hydrogen-bond acceptors (Lipinski definition) is 3. The van der Waals surface area contributed by atoms with Crippen LogP contribution in [0.2, 0.25) is 18.1 Å². The number of ether oxygens (including phenoxy) is 1. The molecule has 0 unspecified atom stereocenters. The molecule has 2 heterocycles. The van der Waals surface area contributed by atoms with E-state index in [0.29, 0.717) is 0 Å². The first-order valence-corrected chi connectivity index (χ1v) is 19.0. The van der Waals surface area contributed by atoms with Gasteiger partial charge in [0.15, 0.2) is 5.69 Å². The standard InChI is InChI=1S/C36H55NO3Si/c1-23(2)31-29-30(28-26(37(31)38)21-35(9,10)22-27(28)40-41(11,12)34(6,7)8)36(19-13-14-20-36)39-32(29)24-15-17-25(18-16-24)33(3,4)5/h15-18,23,27,32H,13-14,19-22H2,1-12H3/q-1/t27-,32+/m0/s1. The quantitative estimate of drug-likeness (QED) is 0.206. The van der Waals surface area contributed by atoms with Crippen LogP contribution in [0.4, 0.5) is 0 Å². The second-order valence-electron chi connectivity index (χ2n) is 17.0. The average molecular weight is 578 g/mol. The molecule has 5 rings (SSSR count). The number of hydrogen-bond donors (Lipinski definition) is 0. The van der Waals surface area contributed by atoms with Crippen molar-refractivity contribution in [2.75, 3.05) is 0 Å². The summed E-state index contributed by atoms with van der Waals surface area (Å²) in [5.41, 5.74) is 7.67. The third-order valence-corrected chi connectivity index (χ3v) is 15.1. The number of rotatable bonds is 4. The molecule has 4 nitrogen and oxygen atoms in total. The summed E-state index contributed by atoms with van der Waals surface area (Å²) in [5.74, 6) is 0.0906. The summed E-state index contributed by atoms with van der Waals surface area (Å²) in [4.78, 5) is 0. The van der Waals surface area contributed by atoms with Crippen LogP contribution in [0.1, 0.15) is 159 Å². The molecule has 0 N–H and O–H groups in total. The van der Waals surface area contributed by atoms with Gasteiger partial charge >= 0.3 is 0 Å². The molecule has 0 saturated heterocycles. The van der Waals surface area contributed by atoms with Crippen molar-refractivity contribution in [3.8, 4) is 0 Å². The molecule has 1 spiro atoms. The van der Waals surface area contributed by atoms with Crippen LogP contribution in [-0.4, -0.2) is 8.32 Å². The summed E-state index contributed by atoms with van der Waals surface area (Å²) >= 11 is 0. The van der Waals surface area contributed by atoms with Crippen LogP contribution in [0.15, 0.2) is 24.3 Å². The first kappa shape index (κ1) is 30.8. The normalized spacial score (nSPS) is 23.7. The highest BCUT2D eigenvalue weighted by molar-refractivity contribution is 6.74.